The molecule has 0 saturated carbocycles. The molecule has 1 spiro atoms. The summed E-state index contributed by atoms with van der Waals surface area (Å²) >= 11 is 0. The van der Waals surface area contributed by atoms with E-state index >= 15 is 0 Å². The summed E-state index contributed by atoms with van der Waals surface area (Å²) in [6, 6.07) is 1.83. The van der Waals surface area contributed by atoms with E-state index in [2.05, 4.69) is 24.3 Å². The quantitative estimate of drug-likeness (QED) is 0.737. The molecule has 2 amide bonds. The third-order valence-corrected chi connectivity index (χ3v) is 7.16. The number of hydrogen-bond acceptors (Lipinski definition) is 4. The SMILES string of the molecule is CCC(CC)CC(=O)NC[C@H]1[C@H]2CN(C(=O)Cn3cccn3)C[C@]23CC[C@H]1O3. The molecule has 4 atom stereocenters. The lowest BCUT2D eigenvalue weighted by molar-refractivity contribution is -0.132. The Balaban J connectivity index is 1.35. The van der Waals surface area contributed by atoms with Gasteiger partial charge in [-0.2, -0.15) is 5.10 Å². The fourth-order valence-corrected chi connectivity index (χ4v) is 5.43. The van der Waals surface area contributed by atoms with Gasteiger partial charge in [0.2, 0.25) is 11.8 Å². The fraction of sp³-hybridized carbons (Fsp3) is 0.762. The second-order valence-corrected chi connectivity index (χ2v) is 8.70. The number of carbonyl (C=O) groups is 2. The predicted molar refractivity (Wildman–Crippen MR) is 104 cm³/mol. The molecule has 154 valence electrons. The van der Waals surface area contributed by atoms with Crippen molar-refractivity contribution < 1.29 is 14.3 Å². The normalized spacial score (nSPS) is 30.8. The zero-order valence-electron chi connectivity index (χ0n) is 17.0. The standard InChI is InChI=1S/C21H32N4O3/c1-3-15(4-2)10-19(26)22-11-16-17-12-24(14-21(17)7-6-18(16)28-21)20(27)13-25-9-5-8-23-25/h5,8-9,15-18H,3-4,6-7,10-14H2,1-2H3,(H,22,26)/t16-,17+,18+,21+/m0/s1. The summed E-state index contributed by atoms with van der Waals surface area (Å²) in [5.41, 5.74) is -0.199. The van der Waals surface area contributed by atoms with Gasteiger partial charge in [-0.15, -0.1) is 0 Å². The van der Waals surface area contributed by atoms with E-state index in [-0.39, 0.29) is 30.1 Å². The van der Waals surface area contributed by atoms with Gasteiger partial charge in [-0.1, -0.05) is 26.7 Å². The summed E-state index contributed by atoms with van der Waals surface area (Å²) in [6.07, 6.45) is 8.47. The van der Waals surface area contributed by atoms with Gasteiger partial charge < -0.3 is 15.0 Å². The van der Waals surface area contributed by atoms with Crippen molar-refractivity contribution in [3.63, 3.8) is 0 Å². The second-order valence-electron chi connectivity index (χ2n) is 8.70. The number of carbonyl (C=O) groups excluding carboxylic acids is 2. The van der Waals surface area contributed by atoms with E-state index in [0.717, 1.165) is 32.2 Å². The summed E-state index contributed by atoms with van der Waals surface area (Å²) in [5, 5.41) is 7.30. The number of ether oxygens (including phenoxy) is 1. The van der Waals surface area contributed by atoms with E-state index in [4.69, 9.17) is 4.74 Å². The Morgan fingerprint density at radius 1 is 1.36 bits per heavy atom. The van der Waals surface area contributed by atoms with Gasteiger partial charge in [-0.05, 0) is 24.8 Å². The van der Waals surface area contributed by atoms with Crippen LogP contribution < -0.4 is 5.32 Å². The van der Waals surface area contributed by atoms with Gasteiger partial charge in [0.15, 0.2) is 0 Å². The molecule has 2 bridgehead atoms. The highest BCUT2D eigenvalue weighted by Crippen LogP contribution is 2.54. The van der Waals surface area contributed by atoms with Crippen LogP contribution in [-0.2, 0) is 20.9 Å². The molecule has 7 heteroatoms. The van der Waals surface area contributed by atoms with E-state index in [1.54, 1.807) is 10.9 Å². The first kappa shape index (κ1) is 19.4. The Bertz CT molecular complexity index is 703. The van der Waals surface area contributed by atoms with E-state index in [1.165, 1.54) is 0 Å². The maximum absolute atomic E-state index is 12.7. The van der Waals surface area contributed by atoms with Gasteiger partial charge in [0, 0.05) is 43.7 Å². The summed E-state index contributed by atoms with van der Waals surface area (Å²) < 4.78 is 8.07. The van der Waals surface area contributed by atoms with Crippen molar-refractivity contribution in [2.45, 2.75) is 64.2 Å². The number of nitrogens with one attached hydrogen (secondary N) is 1. The van der Waals surface area contributed by atoms with E-state index in [9.17, 15) is 9.59 Å². The maximum Gasteiger partial charge on any atom is 0.244 e. The minimum atomic E-state index is -0.199. The molecule has 0 aliphatic carbocycles. The van der Waals surface area contributed by atoms with Crippen molar-refractivity contribution in [3.8, 4) is 0 Å². The molecule has 3 saturated heterocycles. The number of aromatic nitrogens is 2. The predicted octanol–water partition coefficient (Wildman–Crippen LogP) is 1.83. The molecule has 7 nitrogen and oxygen atoms in total. The summed E-state index contributed by atoms with van der Waals surface area (Å²) in [4.78, 5) is 27.0. The average Bonchev–Trinajstić information content (AvgIpc) is 3.45. The van der Waals surface area contributed by atoms with Crippen LogP contribution in [0.5, 0.6) is 0 Å². The topological polar surface area (TPSA) is 76.5 Å². The molecule has 1 aromatic heterocycles. The van der Waals surface area contributed by atoms with Gasteiger partial charge in [-0.3, -0.25) is 14.3 Å². The molecule has 0 aromatic carbocycles. The number of nitrogens with zero attached hydrogens (tertiary/aromatic N) is 3. The van der Waals surface area contributed by atoms with Crippen molar-refractivity contribution in [2.75, 3.05) is 19.6 Å². The number of rotatable bonds is 8. The Labute approximate surface area is 166 Å². The van der Waals surface area contributed by atoms with E-state index in [0.29, 0.717) is 37.3 Å². The summed E-state index contributed by atoms with van der Waals surface area (Å²) in [5.74, 6) is 1.33. The minimum Gasteiger partial charge on any atom is -0.369 e. The lowest BCUT2D eigenvalue weighted by atomic mass is 9.73. The summed E-state index contributed by atoms with van der Waals surface area (Å²) in [6.45, 7) is 6.62. The molecule has 3 aliphatic heterocycles. The highest BCUT2D eigenvalue weighted by atomic mass is 16.5. The fourth-order valence-electron chi connectivity index (χ4n) is 5.43. The molecule has 3 aliphatic rings. The summed E-state index contributed by atoms with van der Waals surface area (Å²) in [7, 11) is 0. The van der Waals surface area contributed by atoms with Gasteiger partial charge in [-0.25, -0.2) is 0 Å². The van der Waals surface area contributed by atoms with Gasteiger partial charge in [0.25, 0.3) is 0 Å². The largest absolute Gasteiger partial charge is 0.369 e. The van der Waals surface area contributed by atoms with E-state index in [1.807, 2.05) is 17.2 Å². The third-order valence-electron chi connectivity index (χ3n) is 7.16. The van der Waals surface area contributed by atoms with Crippen LogP contribution in [0.1, 0.15) is 46.0 Å². The molecule has 4 rings (SSSR count). The van der Waals surface area contributed by atoms with Crippen LogP contribution in [0.15, 0.2) is 18.5 Å². The number of fused-ring (bicyclic) bond motifs is 1. The molecule has 1 N–H and O–H groups in total. The average molecular weight is 389 g/mol. The van der Waals surface area contributed by atoms with Crippen LogP contribution in [0.2, 0.25) is 0 Å². The smallest absolute Gasteiger partial charge is 0.244 e. The Kier molecular flexibility index (Phi) is 5.45. The van der Waals surface area contributed by atoms with Crippen molar-refractivity contribution >= 4 is 11.8 Å². The zero-order chi connectivity index (χ0) is 19.7. The lowest BCUT2D eigenvalue weighted by Crippen LogP contribution is -2.42. The number of hydrogen-bond donors (Lipinski definition) is 1. The highest BCUT2D eigenvalue weighted by molar-refractivity contribution is 5.77. The second kappa shape index (κ2) is 7.85. The van der Waals surface area contributed by atoms with Gasteiger partial charge in [0.05, 0.1) is 18.2 Å². The van der Waals surface area contributed by atoms with E-state index < -0.39 is 0 Å². The van der Waals surface area contributed by atoms with Crippen molar-refractivity contribution in [1.82, 2.24) is 20.0 Å². The number of likely N-dealkylation sites (tertiary alicyclic amines) is 1. The number of amides is 2. The molecular formula is C21H32N4O3. The van der Waals surface area contributed by atoms with Crippen LogP contribution in [-0.4, -0.2) is 57.8 Å². The lowest BCUT2D eigenvalue weighted by Gasteiger charge is -2.29. The first-order valence-corrected chi connectivity index (χ1v) is 10.7. The molecule has 0 radical (unpaired) electrons. The van der Waals surface area contributed by atoms with Crippen LogP contribution in [0.25, 0.3) is 0 Å². The first-order valence-electron chi connectivity index (χ1n) is 10.7. The Morgan fingerprint density at radius 3 is 2.89 bits per heavy atom. The molecular weight excluding hydrogens is 356 g/mol. The van der Waals surface area contributed by atoms with Crippen molar-refractivity contribution in [3.05, 3.63) is 18.5 Å². The molecule has 1 aromatic rings. The van der Waals surface area contributed by atoms with Crippen molar-refractivity contribution in [2.24, 2.45) is 17.8 Å². The maximum atomic E-state index is 12.7. The highest BCUT2D eigenvalue weighted by Gasteiger charge is 2.63. The van der Waals surface area contributed by atoms with Crippen LogP contribution in [0.4, 0.5) is 0 Å². The Hall–Kier alpha value is -1.89. The van der Waals surface area contributed by atoms with Gasteiger partial charge in [0.1, 0.15) is 6.54 Å². The molecule has 4 heterocycles. The first-order chi connectivity index (χ1) is 13.5. The van der Waals surface area contributed by atoms with Crippen LogP contribution in [0.3, 0.4) is 0 Å². The monoisotopic (exact) mass is 388 g/mol. The zero-order valence-corrected chi connectivity index (χ0v) is 17.0. The van der Waals surface area contributed by atoms with Crippen LogP contribution >= 0.6 is 0 Å². The van der Waals surface area contributed by atoms with Crippen molar-refractivity contribution in [1.29, 1.82) is 0 Å². The minimum absolute atomic E-state index is 0.0936. The molecule has 3 fully saturated rings. The Morgan fingerprint density at radius 2 is 2.18 bits per heavy atom. The van der Waals surface area contributed by atoms with Crippen LogP contribution in [0, 0.1) is 17.8 Å². The molecule has 0 unspecified atom stereocenters. The third kappa shape index (κ3) is 3.56. The van der Waals surface area contributed by atoms with Gasteiger partial charge >= 0.3 is 0 Å². The molecule has 28 heavy (non-hydrogen) atoms.